The van der Waals surface area contributed by atoms with Crippen LogP contribution in [0.1, 0.15) is 32.1 Å². The van der Waals surface area contributed by atoms with Gasteiger partial charge in [0.25, 0.3) is 0 Å². The van der Waals surface area contributed by atoms with Crippen molar-refractivity contribution in [3.8, 4) is 0 Å². The van der Waals surface area contributed by atoms with Crippen molar-refractivity contribution >= 4 is 21.7 Å². The summed E-state index contributed by atoms with van der Waals surface area (Å²) in [5, 5.41) is 6.03. The van der Waals surface area contributed by atoms with Gasteiger partial charge in [-0.15, -0.1) is 0 Å². The van der Waals surface area contributed by atoms with Gasteiger partial charge in [-0.05, 0) is 37.8 Å². The molecule has 9 heteroatoms. The van der Waals surface area contributed by atoms with E-state index in [0.29, 0.717) is 25.5 Å². The summed E-state index contributed by atoms with van der Waals surface area (Å²) >= 11 is 0. The summed E-state index contributed by atoms with van der Waals surface area (Å²) in [6.45, 7) is 3.33. The molecule has 8 nitrogen and oxygen atoms in total. The van der Waals surface area contributed by atoms with Crippen molar-refractivity contribution < 1.29 is 13.2 Å². The second kappa shape index (κ2) is 8.99. The van der Waals surface area contributed by atoms with E-state index in [0.717, 1.165) is 45.2 Å². The van der Waals surface area contributed by atoms with E-state index >= 15 is 0 Å². The average Bonchev–Trinajstić information content (AvgIpc) is 2.70. The molecule has 0 spiro atoms. The van der Waals surface area contributed by atoms with Crippen molar-refractivity contribution in [2.45, 2.75) is 43.0 Å². The SMILES string of the molecule is CNC(=O)CN1CCC(Nc2ccc(S(=O)(=O)N3CCCCC3)cn2)CC1. The third kappa shape index (κ3) is 5.18. The van der Waals surface area contributed by atoms with Crippen LogP contribution in [-0.4, -0.2) is 74.3 Å². The normalized spacial score (nSPS) is 20.3. The first kappa shape index (κ1) is 20.0. The summed E-state index contributed by atoms with van der Waals surface area (Å²) in [5.41, 5.74) is 0. The van der Waals surface area contributed by atoms with Crippen molar-refractivity contribution in [1.29, 1.82) is 0 Å². The van der Waals surface area contributed by atoms with Crippen LogP contribution < -0.4 is 10.6 Å². The van der Waals surface area contributed by atoms with E-state index in [1.165, 1.54) is 6.20 Å². The highest BCUT2D eigenvalue weighted by Crippen LogP contribution is 2.21. The van der Waals surface area contributed by atoms with Crippen molar-refractivity contribution in [3.05, 3.63) is 18.3 Å². The third-order valence-corrected chi connectivity index (χ3v) is 7.16. The Labute approximate surface area is 161 Å². The quantitative estimate of drug-likeness (QED) is 0.743. The van der Waals surface area contributed by atoms with Gasteiger partial charge in [-0.25, -0.2) is 13.4 Å². The number of likely N-dealkylation sites (tertiary alicyclic amines) is 1. The van der Waals surface area contributed by atoms with Gasteiger partial charge in [-0.1, -0.05) is 6.42 Å². The summed E-state index contributed by atoms with van der Waals surface area (Å²) in [5.74, 6) is 0.728. The van der Waals surface area contributed by atoms with Crippen LogP contribution in [0.15, 0.2) is 23.2 Å². The van der Waals surface area contributed by atoms with Crippen molar-refractivity contribution in [1.82, 2.24) is 19.5 Å². The molecule has 0 bridgehead atoms. The van der Waals surface area contributed by atoms with Gasteiger partial charge in [-0.3, -0.25) is 9.69 Å². The van der Waals surface area contributed by atoms with E-state index < -0.39 is 10.0 Å². The van der Waals surface area contributed by atoms with Crippen LogP contribution in [0.25, 0.3) is 0 Å². The first-order valence-corrected chi connectivity index (χ1v) is 11.1. The van der Waals surface area contributed by atoms with Crippen LogP contribution in [-0.2, 0) is 14.8 Å². The number of pyridine rings is 1. The standard InChI is InChI=1S/C18H29N5O3S/c1-19-18(24)14-22-11-7-15(8-12-22)21-17-6-5-16(13-20-17)27(25,26)23-9-3-2-4-10-23/h5-6,13,15H,2-4,7-12,14H2,1H3,(H,19,24)(H,20,21). The van der Waals surface area contributed by atoms with Crippen LogP contribution in [0.3, 0.4) is 0 Å². The number of hydrogen-bond acceptors (Lipinski definition) is 6. The smallest absolute Gasteiger partial charge is 0.244 e. The molecule has 150 valence electrons. The number of nitrogens with zero attached hydrogens (tertiary/aromatic N) is 3. The molecule has 2 fully saturated rings. The number of aromatic nitrogens is 1. The molecule has 2 aliphatic heterocycles. The minimum absolute atomic E-state index is 0.0357. The molecule has 1 aromatic rings. The molecule has 27 heavy (non-hydrogen) atoms. The lowest BCUT2D eigenvalue weighted by Gasteiger charge is -2.32. The van der Waals surface area contributed by atoms with Gasteiger partial charge in [0.1, 0.15) is 10.7 Å². The fourth-order valence-corrected chi connectivity index (χ4v) is 5.06. The lowest BCUT2D eigenvalue weighted by atomic mass is 10.1. The van der Waals surface area contributed by atoms with Gasteiger partial charge >= 0.3 is 0 Å². The van der Waals surface area contributed by atoms with Crippen LogP contribution in [0.5, 0.6) is 0 Å². The number of hydrogen-bond donors (Lipinski definition) is 2. The summed E-state index contributed by atoms with van der Waals surface area (Å²) in [4.78, 5) is 18.2. The van der Waals surface area contributed by atoms with E-state index in [-0.39, 0.29) is 16.8 Å². The number of likely N-dealkylation sites (N-methyl/N-ethyl adjacent to an activating group) is 1. The van der Waals surface area contributed by atoms with Crippen LogP contribution in [0.4, 0.5) is 5.82 Å². The lowest BCUT2D eigenvalue weighted by Crippen LogP contribution is -2.43. The fraction of sp³-hybridized carbons (Fsp3) is 0.667. The molecule has 0 unspecified atom stereocenters. The van der Waals surface area contributed by atoms with Crippen molar-refractivity contribution in [3.63, 3.8) is 0 Å². The molecule has 0 aliphatic carbocycles. The monoisotopic (exact) mass is 395 g/mol. The first-order valence-electron chi connectivity index (χ1n) is 9.65. The highest BCUT2D eigenvalue weighted by atomic mass is 32.2. The number of carbonyl (C=O) groups is 1. The largest absolute Gasteiger partial charge is 0.367 e. The number of nitrogens with one attached hydrogen (secondary N) is 2. The van der Waals surface area contributed by atoms with E-state index in [1.807, 2.05) is 0 Å². The number of rotatable bonds is 6. The molecule has 2 aliphatic rings. The number of anilines is 1. The first-order chi connectivity index (χ1) is 13.0. The van der Waals surface area contributed by atoms with Crippen LogP contribution in [0, 0.1) is 0 Å². The van der Waals surface area contributed by atoms with Crippen LogP contribution in [0.2, 0.25) is 0 Å². The van der Waals surface area contributed by atoms with Gasteiger partial charge in [0.15, 0.2) is 0 Å². The molecular weight excluding hydrogens is 366 g/mol. The Kier molecular flexibility index (Phi) is 6.67. The molecule has 2 saturated heterocycles. The van der Waals surface area contributed by atoms with Gasteiger partial charge in [0.2, 0.25) is 15.9 Å². The maximum atomic E-state index is 12.7. The summed E-state index contributed by atoms with van der Waals surface area (Å²) in [6.07, 6.45) is 6.23. The molecule has 2 N–H and O–H groups in total. The second-order valence-corrected chi connectivity index (χ2v) is 9.15. The number of sulfonamides is 1. The third-order valence-electron chi connectivity index (χ3n) is 5.27. The minimum atomic E-state index is -3.43. The Morgan fingerprint density at radius 3 is 2.44 bits per heavy atom. The Balaban J connectivity index is 1.53. The molecule has 0 atom stereocenters. The molecule has 0 saturated carbocycles. The van der Waals surface area contributed by atoms with Gasteiger partial charge in [-0.2, -0.15) is 4.31 Å². The molecule has 0 radical (unpaired) electrons. The molecule has 1 amide bonds. The zero-order valence-electron chi connectivity index (χ0n) is 15.9. The van der Waals surface area contributed by atoms with E-state index in [4.69, 9.17) is 0 Å². The highest BCUT2D eigenvalue weighted by molar-refractivity contribution is 7.89. The van der Waals surface area contributed by atoms with Gasteiger partial charge in [0.05, 0.1) is 6.54 Å². The Morgan fingerprint density at radius 2 is 1.85 bits per heavy atom. The topological polar surface area (TPSA) is 94.6 Å². The summed E-state index contributed by atoms with van der Waals surface area (Å²) < 4.78 is 26.9. The average molecular weight is 396 g/mol. The minimum Gasteiger partial charge on any atom is -0.367 e. The van der Waals surface area contributed by atoms with Crippen molar-refractivity contribution in [2.75, 3.05) is 45.1 Å². The van der Waals surface area contributed by atoms with Gasteiger partial charge in [0, 0.05) is 45.5 Å². The van der Waals surface area contributed by atoms with E-state index in [1.54, 1.807) is 23.5 Å². The predicted molar refractivity (Wildman–Crippen MR) is 104 cm³/mol. The number of piperidine rings is 2. The van der Waals surface area contributed by atoms with Crippen LogP contribution >= 0.6 is 0 Å². The Bertz CT molecular complexity index is 724. The molecule has 3 rings (SSSR count). The lowest BCUT2D eigenvalue weighted by molar-refractivity contribution is -0.122. The zero-order valence-corrected chi connectivity index (χ0v) is 16.7. The highest BCUT2D eigenvalue weighted by Gasteiger charge is 2.26. The molecule has 0 aromatic carbocycles. The summed E-state index contributed by atoms with van der Waals surface area (Å²) in [6, 6.07) is 3.66. The zero-order chi connectivity index (χ0) is 19.3. The van der Waals surface area contributed by atoms with E-state index in [9.17, 15) is 13.2 Å². The summed E-state index contributed by atoms with van der Waals surface area (Å²) in [7, 11) is -1.78. The fourth-order valence-electron chi connectivity index (χ4n) is 3.60. The number of carbonyl (C=O) groups excluding carboxylic acids is 1. The molecule has 3 heterocycles. The Hall–Kier alpha value is -1.71. The van der Waals surface area contributed by atoms with E-state index in [2.05, 4.69) is 20.5 Å². The maximum Gasteiger partial charge on any atom is 0.244 e. The Morgan fingerprint density at radius 1 is 1.15 bits per heavy atom. The number of amides is 1. The maximum absolute atomic E-state index is 12.7. The predicted octanol–water partition coefficient (Wildman–Crippen LogP) is 0.879. The second-order valence-electron chi connectivity index (χ2n) is 7.21. The van der Waals surface area contributed by atoms with Crippen molar-refractivity contribution in [2.24, 2.45) is 0 Å². The van der Waals surface area contributed by atoms with Gasteiger partial charge < -0.3 is 10.6 Å². The molecular formula is C18H29N5O3S. The molecule has 1 aromatic heterocycles.